The molecule has 4 aromatic rings. The van der Waals surface area contributed by atoms with Gasteiger partial charge in [0.25, 0.3) is 11.5 Å². The summed E-state index contributed by atoms with van der Waals surface area (Å²) in [5.41, 5.74) is 0.792. The van der Waals surface area contributed by atoms with Crippen molar-refractivity contribution < 1.29 is 18.7 Å². The molecule has 0 aliphatic heterocycles. The van der Waals surface area contributed by atoms with Gasteiger partial charge in [0.15, 0.2) is 18.1 Å². The van der Waals surface area contributed by atoms with Gasteiger partial charge < -0.3 is 14.8 Å². The lowest BCUT2D eigenvalue weighted by Gasteiger charge is -2.16. The third-order valence-corrected chi connectivity index (χ3v) is 8.01. The molecule has 8 nitrogen and oxygen atoms in total. The number of hydrogen-bond donors (Lipinski definition) is 1. The van der Waals surface area contributed by atoms with Crippen LogP contribution in [0.4, 0.5) is 10.1 Å². The molecule has 0 bridgehead atoms. The zero-order valence-electron chi connectivity index (χ0n) is 21.7. The maximum atomic E-state index is 13.9. The summed E-state index contributed by atoms with van der Waals surface area (Å²) in [6.07, 6.45) is 2.22. The quantitative estimate of drug-likeness (QED) is 0.188. The van der Waals surface area contributed by atoms with Crippen molar-refractivity contribution in [1.82, 2.24) is 9.66 Å². The third-order valence-electron chi connectivity index (χ3n) is 6.07. The highest BCUT2D eigenvalue weighted by atomic mass is 79.9. The molecular weight excluding hydrogens is 671 g/mol. The number of ether oxygens (including phenoxy) is 2. The van der Waals surface area contributed by atoms with Crippen LogP contribution in [0.15, 0.2) is 67.4 Å². The smallest absolute Gasteiger partial charge is 0.282 e. The van der Waals surface area contributed by atoms with Gasteiger partial charge in [-0.05, 0) is 58.7 Å². The molecule has 1 N–H and O–H groups in total. The number of hydrogen-bond acceptors (Lipinski definition) is 6. The van der Waals surface area contributed by atoms with E-state index in [-0.39, 0.29) is 33.7 Å². The van der Waals surface area contributed by atoms with Gasteiger partial charge in [0, 0.05) is 20.4 Å². The van der Waals surface area contributed by atoms with E-state index in [0.29, 0.717) is 26.8 Å². The van der Waals surface area contributed by atoms with Crippen LogP contribution in [0.3, 0.4) is 0 Å². The molecule has 0 aliphatic carbocycles. The monoisotopic (exact) mass is 692 g/mol. The molecule has 40 heavy (non-hydrogen) atoms. The van der Waals surface area contributed by atoms with Crippen LogP contribution in [0.1, 0.15) is 37.6 Å². The normalized spacial score (nSPS) is 12.1. The molecule has 0 spiro atoms. The van der Waals surface area contributed by atoms with Crippen LogP contribution in [-0.4, -0.2) is 35.5 Å². The molecule has 0 radical (unpaired) electrons. The number of halogens is 4. The maximum absolute atomic E-state index is 13.9. The molecule has 0 aliphatic rings. The first-order valence-corrected chi connectivity index (χ1v) is 14.1. The van der Waals surface area contributed by atoms with E-state index in [1.54, 1.807) is 24.3 Å². The molecule has 0 saturated carbocycles. The summed E-state index contributed by atoms with van der Waals surface area (Å²) < 4.78 is 27.4. The lowest BCUT2D eigenvalue weighted by molar-refractivity contribution is -0.118. The van der Waals surface area contributed by atoms with E-state index in [0.717, 1.165) is 10.9 Å². The van der Waals surface area contributed by atoms with Crippen molar-refractivity contribution in [1.29, 1.82) is 0 Å². The molecule has 3 aromatic carbocycles. The Morgan fingerprint density at radius 3 is 2.70 bits per heavy atom. The van der Waals surface area contributed by atoms with Crippen LogP contribution in [0, 0.1) is 5.82 Å². The number of para-hydroxylation sites is 1. The van der Waals surface area contributed by atoms with Crippen LogP contribution in [0.2, 0.25) is 5.02 Å². The molecule has 12 heteroatoms. The van der Waals surface area contributed by atoms with Gasteiger partial charge in [0.2, 0.25) is 0 Å². The Balaban J connectivity index is 1.66. The second-order valence-corrected chi connectivity index (χ2v) is 10.8. The van der Waals surface area contributed by atoms with Crippen molar-refractivity contribution in [2.24, 2.45) is 5.10 Å². The van der Waals surface area contributed by atoms with E-state index in [9.17, 15) is 14.0 Å². The predicted molar refractivity (Wildman–Crippen MR) is 162 cm³/mol. The summed E-state index contributed by atoms with van der Waals surface area (Å²) in [6, 6.07) is 12.7. The Labute approximate surface area is 251 Å². The molecular formula is C28H24Br2ClFN4O4. The zero-order chi connectivity index (χ0) is 29.0. The van der Waals surface area contributed by atoms with Crippen LogP contribution in [0.5, 0.6) is 11.5 Å². The first-order chi connectivity index (χ1) is 19.1. The van der Waals surface area contributed by atoms with Gasteiger partial charge >= 0.3 is 0 Å². The van der Waals surface area contributed by atoms with Crippen LogP contribution in [0.25, 0.3) is 10.9 Å². The Hall–Kier alpha value is -3.28. The molecule has 0 saturated heterocycles. The van der Waals surface area contributed by atoms with E-state index < -0.39 is 18.3 Å². The summed E-state index contributed by atoms with van der Waals surface area (Å²) in [5, 5.41) is 7.47. The Morgan fingerprint density at radius 2 is 2.00 bits per heavy atom. The number of benzene rings is 3. The molecule has 0 fully saturated rings. The van der Waals surface area contributed by atoms with Gasteiger partial charge in [-0.2, -0.15) is 9.78 Å². The maximum Gasteiger partial charge on any atom is 0.282 e. The van der Waals surface area contributed by atoms with Crippen LogP contribution < -0.4 is 20.3 Å². The topological polar surface area (TPSA) is 94.8 Å². The van der Waals surface area contributed by atoms with Gasteiger partial charge in [-0.3, -0.25) is 9.59 Å². The number of anilines is 1. The minimum atomic E-state index is -0.586. The highest BCUT2D eigenvalue weighted by Gasteiger charge is 2.20. The van der Waals surface area contributed by atoms with E-state index in [1.807, 2.05) is 19.9 Å². The Kier molecular flexibility index (Phi) is 9.60. The number of rotatable bonds is 9. The highest BCUT2D eigenvalue weighted by Crippen LogP contribution is 2.42. The molecule has 208 valence electrons. The zero-order valence-corrected chi connectivity index (χ0v) is 25.6. The Bertz CT molecular complexity index is 1680. The van der Waals surface area contributed by atoms with Gasteiger partial charge in [-0.1, -0.05) is 53.5 Å². The number of nitrogens with zero attached hydrogens (tertiary/aromatic N) is 3. The second kappa shape index (κ2) is 12.9. The molecule has 4 rings (SSSR count). The second-order valence-electron chi connectivity index (χ2n) is 8.74. The fourth-order valence-corrected chi connectivity index (χ4v) is 4.79. The van der Waals surface area contributed by atoms with Crippen LogP contribution in [-0.2, 0) is 4.79 Å². The van der Waals surface area contributed by atoms with E-state index >= 15 is 0 Å². The molecule has 0 unspecified atom stereocenters. The van der Waals surface area contributed by atoms with Gasteiger partial charge in [0.1, 0.15) is 16.7 Å². The first-order valence-electron chi connectivity index (χ1n) is 12.1. The molecule has 1 heterocycles. The standard InChI is InChI=1S/C28H24Br2ClFN4O4/c1-4-15(2)27-35-20-10-9-17(29)12-18(20)28(38)36(27)33-13-16-11-22(39-3)26(25(31)24(16)30)40-14-23(37)34-21-8-6-5-7-19(21)32/h5-13,15H,4,14H2,1-3H3,(H,34,37)/t15-/m1/s1. The van der Waals surface area contributed by atoms with Crippen molar-refractivity contribution in [3.8, 4) is 11.5 Å². The minimum Gasteiger partial charge on any atom is -0.493 e. The number of carbonyl (C=O) groups is 1. The number of amides is 1. The number of methoxy groups -OCH3 is 1. The van der Waals surface area contributed by atoms with Crippen LogP contribution >= 0.6 is 43.5 Å². The highest BCUT2D eigenvalue weighted by molar-refractivity contribution is 9.10. The summed E-state index contributed by atoms with van der Waals surface area (Å²) in [4.78, 5) is 30.5. The summed E-state index contributed by atoms with van der Waals surface area (Å²) in [6.45, 7) is 3.53. The SMILES string of the molecule is CC[C@@H](C)c1nc2ccc(Br)cc2c(=O)n1N=Cc1cc(OC)c(OCC(=O)Nc2ccccc2F)c(Cl)c1Br. The fourth-order valence-electron chi connectivity index (χ4n) is 3.77. The molecule has 1 amide bonds. The van der Waals surface area contributed by atoms with Gasteiger partial charge in [0.05, 0.1) is 29.9 Å². The number of fused-ring (bicyclic) bond motifs is 1. The first kappa shape index (κ1) is 29.7. The van der Waals surface area contributed by atoms with E-state index in [1.165, 1.54) is 36.2 Å². The number of aromatic nitrogens is 2. The summed E-state index contributed by atoms with van der Waals surface area (Å²) in [7, 11) is 1.42. The predicted octanol–water partition coefficient (Wildman–Crippen LogP) is 7.14. The van der Waals surface area contributed by atoms with Crippen molar-refractivity contribution in [2.45, 2.75) is 26.2 Å². The van der Waals surface area contributed by atoms with Crippen molar-refractivity contribution in [3.05, 3.63) is 90.1 Å². The van der Waals surface area contributed by atoms with Crippen molar-refractivity contribution in [2.75, 3.05) is 19.0 Å². The molecule has 1 aromatic heterocycles. The van der Waals surface area contributed by atoms with Gasteiger partial charge in [-0.15, -0.1) is 0 Å². The average Bonchev–Trinajstić information content (AvgIpc) is 2.94. The van der Waals surface area contributed by atoms with E-state index in [4.69, 9.17) is 26.1 Å². The van der Waals surface area contributed by atoms with Crippen molar-refractivity contribution >= 4 is 72.2 Å². The lowest BCUT2D eigenvalue weighted by Crippen LogP contribution is -2.23. The largest absolute Gasteiger partial charge is 0.493 e. The average molecular weight is 695 g/mol. The third kappa shape index (κ3) is 6.37. The Morgan fingerprint density at radius 1 is 1.25 bits per heavy atom. The minimum absolute atomic E-state index is 0.0319. The number of nitrogens with one attached hydrogen (secondary N) is 1. The lowest BCUT2D eigenvalue weighted by atomic mass is 10.1. The molecule has 1 atom stereocenters. The van der Waals surface area contributed by atoms with Gasteiger partial charge in [-0.25, -0.2) is 9.37 Å². The number of carbonyl (C=O) groups excluding carboxylic acids is 1. The fraction of sp³-hybridized carbons (Fsp3) is 0.214. The van der Waals surface area contributed by atoms with E-state index in [2.05, 4.69) is 42.3 Å². The summed E-state index contributed by atoms with van der Waals surface area (Å²) >= 11 is 13.4. The summed E-state index contributed by atoms with van der Waals surface area (Å²) in [5.74, 6) is -0.339. The van der Waals surface area contributed by atoms with Crippen molar-refractivity contribution in [3.63, 3.8) is 0 Å².